The second-order valence-electron chi connectivity index (χ2n) is 6.45. The Labute approximate surface area is 197 Å². The summed E-state index contributed by atoms with van der Waals surface area (Å²) in [6.45, 7) is 0.311. The molecule has 0 aromatic heterocycles. The molecule has 0 spiro atoms. The van der Waals surface area contributed by atoms with E-state index in [1.54, 1.807) is 30.3 Å². The van der Waals surface area contributed by atoms with Crippen LogP contribution in [0.3, 0.4) is 0 Å². The van der Waals surface area contributed by atoms with E-state index in [9.17, 15) is 9.18 Å². The summed E-state index contributed by atoms with van der Waals surface area (Å²) >= 11 is 9.35. The first kappa shape index (κ1) is 23.3. The molecule has 0 radical (unpaired) electrons. The van der Waals surface area contributed by atoms with E-state index in [1.807, 2.05) is 12.1 Å². The number of hydrazone groups is 1. The SMILES string of the molecule is COc1cc(/C=N\NC(=O)c2ccc(C#N)cc2F)cc(Br)c1OCc1ccc(Cl)cc1. The summed E-state index contributed by atoms with van der Waals surface area (Å²) in [5, 5.41) is 13.3. The molecule has 32 heavy (non-hydrogen) atoms. The van der Waals surface area contributed by atoms with Gasteiger partial charge in [-0.25, -0.2) is 9.82 Å². The maximum absolute atomic E-state index is 13.9. The van der Waals surface area contributed by atoms with E-state index in [0.29, 0.717) is 33.2 Å². The van der Waals surface area contributed by atoms with Gasteiger partial charge in [-0.15, -0.1) is 0 Å². The van der Waals surface area contributed by atoms with Crippen LogP contribution in [0.5, 0.6) is 11.5 Å². The van der Waals surface area contributed by atoms with Crippen molar-refractivity contribution in [3.8, 4) is 17.6 Å². The minimum absolute atomic E-state index is 0.123. The zero-order valence-corrected chi connectivity index (χ0v) is 19.1. The molecule has 3 rings (SSSR count). The third kappa shape index (κ3) is 5.84. The third-order valence-corrected chi connectivity index (χ3v) is 5.11. The molecule has 162 valence electrons. The number of nitrogens with zero attached hydrogens (tertiary/aromatic N) is 2. The van der Waals surface area contributed by atoms with Crippen molar-refractivity contribution in [3.63, 3.8) is 0 Å². The monoisotopic (exact) mass is 515 g/mol. The molecule has 0 bridgehead atoms. The van der Waals surface area contributed by atoms with Crippen LogP contribution in [0.2, 0.25) is 5.02 Å². The minimum atomic E-state index is -0.802. The summed E-state index contributed by atoms with van der Waals surface area (Å²) in [6, 6.07) is 16.1. The van der Waals surface area contributed by atoms with Crippen molar-refractivity contribution < 1.29 is 18.7 Å². The van der Waals surface area contributed by atoms with Gasteiger partial charge < -0.3 is 9.47 Å². The Balaban J connectivity index is 1.69. The Morgan fingerprint density at radius 2 is 2.00 bits per heavy atom. The smallest absolute Gasteiger partial charge is 0.274 e. The van der Waals surface area contributed by atoms with Gasteiger partial charge in [0.25, 0.3) is 5.91 Å². The summed E-state index contributed by atoms with van der Waals surface area (Å²) in [5.74, 6) is -0.580. The normalized spacial score (nSPS) is 10.6. The second-order valence-corrected chi connectivity index (χ2v) is 7.75. The van der Waals surface area contributed by atoms with E-state index in [-0.39, 0.29) is 11.1 Å². The molecule has 0 aliphatic rings. The van der Waals surface area contributed by atoms with Crippen molar-refractivity contribution in [2.45, 2.75) is 6.61 Å². The highest BCUT2D eigenvalue weighted by atomic mass is 79.9. The lowest BCUT2D eigenvalue weighted by Gasteiger charge is -2.13. The van der Waals surface area contributed by atoms with Crippen molar-refractivity contribution in [2.24, 2.45) is 5.10 Å². The van der Waals surface area contributed by atoms with Crippen molar-refractivity contribution >= 4 is 39.7 Å². The van der Waals surface area contributed by atoms with Gasteiger partial charge in [0.05, 0.1) is 35.0 Å². The van der Waals surface area contributed by atoms with Crippen molar-refractivity contribution in [3.05, 3.63) is 92.2 Å². The maximum Gasteiger partial charge on any atom is 0.274 e. The Bertz CT molecular complexity index is 1210. The van der Waals surface area contributed by atoms with Gasteiger partial charge in [0, 0.05) is 5.02 Å². The number of amides is 1. The number of benzene rings is 3. The zero-order valence-electron chi connectivity index (χ0n) is 16.7. The molecular weight excluding hydrogens is 501 g/mol. The number of hydrogen-bond donors (Lipinski definition) is 1. The van der Waals surface area contributed by atoms with Crippen LogP contribution in [0.25, 0.3) is 0 Å². The molecule has 0 atom stereocenters. The Morgan fingerprint density at radius 1 is 1.25 bits per heavy atom. The van der Waals surface area contributed by atoms with Crippen LogP contribution in [-0.4, -0.2) is 19.2 Å². The molecule has 0 aliphatic heterocycles. The number of carbonyl (C=O) groups excluding carboxylic acids is 1. The van der Waals surface area contributed by atoms with Gasteiger partial charge >= 0.3 is 0 Å². The lowest BCUT2D eigenvalue weighted by Crippen LogP contribution is -2.19. The van der Waals surface area contributed by atoms with E-state index in [1.165, 1.54) is 25.5 Å². The molecular formula is C23H16BrClFN3O3. The van der Waals surface area contributed by atoms with Crippen LogP contribution < -0.4 is 14.9 Å². The number of nitrogens with one attached hydrogen (secondary N) is 1. The Morgan fingerprint density at radius 3 is 2.66 bits per heavy atom. The highest BCUT2D eigenvalue weighted by molar-refractivity contribution is 9.10. The highest BCUT2D eigenvalue weighted by Gasteiger charge is 2.13. The molecule has 3 aromatic rings. The summed E-state index contributed by atoms with van der Waals surface area (Å²) in [6.07, 6.45) is 1.38. The molecule has 3 aromatic carbocycles. The predicted octanol–water partition coefficient (Wildman–Crippen LogP) is 5.46. The van der Waals surface area contributed by atoms with Crippen molar-refractivity contribution in [2.75, 3.05) is 7.11 Å². The molecule has 9 heteroatoms. The zero-order chi connectivity index (χ0) is 23.1. The number of ether oxygens (including phenoxy) is 2. The fourth-order valence-electron chi connectivity index (χ4n) is 2.68. The molecule has 1 N–H and O–H groups in total. The van der Waals surface area contributed by atoms with Gasteiger partial charge in [-0.05, 0) is 69.5 Å². The molecule has 0 fully saturated rings. The number of halogens is 3. The van der Waals surface area contributed by atoms with Gasteiger partial charge in [-0.3, -0.25) is 4.79 Å². The van der Waals surface area contributed by atoms with E-state index < -0.39 is 11.7 Å². The van der Waals surface area contributed by atoms with E-state index in [4.69, 9.17) is 26.3 Å². The largest absolute Gasteiger partial charge is 0.493 e. The summed E-state index contributed by atoms with van der Waals surface area (Å²) < 4.78 is 25.8. The van der Waals surface area contributed by atoms with Gasteiger partial charge in [0.15, 0.2) is 11.5 Å². The fourth-order valence-corrected chi connectivity index (χ4v) is 3.39. The average molecular weight is 517 g/mol. The van der Waals surface area contributed by atoms with Gasteiger partial charge in [0.1, 0.15) is 12.4 Å². The maximum atomic E-state index is 13.9. The van der Waals surface area contributed by atoms with E-state index in [2.05, 4.69) is 26.5 Å². The topological polar surface area (TPSA) is 83.7 Å². The lowest BCUT2D eigenvalue weighted by atomic mass is 10.1. The number of carbonyl (C=O) groups is 1. The van der Waals surface area contributed by atoms with Crippen LogP contribution in [0.1, 0.15) is 27.0 Å². The van der Waals surface area contributed by atoms with Crippen LogP contribution in [0.15, 0.2) is 64.2 Å². The fraction of sp³-hybridized carbons (Fsp3) is 0.0870. The van der Waals surface area contributed by atoms with Crippen LogP contribution in [-0.2, 0) is 6.61 Å². The first-order chi connectivity index (χ1) is 15.4. The van der Waals surface area contributed by atoms with Gasteiger partial charge in [-0.1, -0.05) is 23.7 Å². The molecule has 0 unspecified atom stereocenters. The first-order valence-electron chi connectivity index (χ1n) is 9.19. The first-order valence-corrected chi connectivity index (χ1v) is 10.4. The van der Waals surface area contributed by atoms with Crippen molar-refractivity contribution in [1.82, 2.24) is 5.43 Å². The number of nitriles is 1. The molecule has 6 nitrogen and oxygen atoms in total. The van der Waals surface area contributed by atoms with Gasteiger partial charge in [0.2, 0.25) is 0 Å². The Kier molecular flexibility index (Phi) is 7.82. The molecule has 0 saturated heterocycles. The predicted molar refractivity (Wildman–Crippen MR) is 123 cm³/mol. The number of hydrogen-bond acceptors (Lipinski definition) is 5. The van der Waals surface area contributed by atoms with Crippen LogP contribution in [0.4, 0.5) is 4.39 Å². The van der Waals surface area contributed by atoms with E-state index in [0.717, 1.165) is 11.6 Å². The summed E-state index contributed by atoms with van der Waals surface area (Å²) in [5.41, 5.74) is 3.71. The van der Waals surface area contributed by atoms with E-state index >= 15 is 0 Å². The van der Waals surface area contributed by atoms with Gasteiger partial charge in [-0.2, -0.15) is 10.4 Å². The molecule has 1 amide bonds. The van der Waals surface area contributed by atoms with Crippen LogP contribution in [0, 0.1) is 17.1 Å². The number of rotatable bonds is 7. The number of methoxy groups -OCH3 is 1. The van der Waals surface area contributed by atoms with Crippen molar-refractivity contribution in [1.29, 1.82) is 5.26 Å². The third-order valence-electron chi connectivity index (χ3n) is 4.27. The molecule has 0 aliphatic carbocycles. The lowest BCUT2D eigenvalue weighted by molar-refractivity contribution is 0.0951. The average Bonchev–Trinajstić information content (AvgIpc) is 2.78. The minimum Gasteiger partial charge on any atom is -0.493 e. The van der Waals surface area contributed by atoms with Crippen LogP contribution >= 0.6 is 27.5 Å². The quantitative estimate of drug-likeness (QED) is 0.334. The summed E-state index contributed by atoms with van der Waals surface area (Å²) in [7, 11) is 1.51. The molecule has 0 saturated carbocycles. The second kappa shape index (κ2) is 10.8. The Hall–Kier alpha value is -3.41. The highest BCUT2D eigenvalue weighted by Crippen LogP contribution is 2.37. The summed E-state index contributed by atoms with van der Waals surface area (Å²) in [4.78, 5) is 12.1. The molecule has 0 heterocycles. The standard InChI is InChI=1S/C23H16BrClFN3O3/c1-31-21-10-16(8-19(24)22(21)32-13-14-2-5-17(25)6-3-14)12-28-29-23(30)18-7-4-15(11-27)9-20(18)26/h2-10,12H,13H2,1H3,(H,29,30)/b28-12-.